The van der Waals surface area contributed by atoms with Crippen LogP contribution in [0.5, 0.6) is 0 Å². The molecule has 19 heavy (non-hydrogen) atoms. The predicted molar refractivity (Wildman–Crippen MR) is 82.9 cm³/mol. The maximum atomic E-state index is 3.41. The molecule has 0 spiro atoms. The summed E-state index contributed by atoms with van der Waals surface area (Å²) >= 11 is 0. The molecule has 1 aromatic carbocycles. The van der Waals surface area contributed by atoms with Gasteiger partial charge in [-0.1, -0.05) is 45.0 Å². The highest BCUT2D eigenvalue weighted by molar-refractivity contribution is 5.26. The first-order valence-corrected chi connectivity index (χ1v) is 7.69. The SMILES string of the molecule is CC(C)c1ccc(C(C)CCN2CCNCC2)cc1. The van der Waals surface area contributed by atoms with Crippen LogP contribution < -0.4 is 5.32 Å². The van der Waals surface area contributed by atoms with Gasteiger partial charge in [0.25, 0.3) is 0 Å². The Morgan fingerprint density at radius 3 is 2.16 bits per heavy atom. The number of benzene rings is 1. The summed E-state index contributed by atoms with van der Waals surface area (Å²) in [7, 11) is 0. The van der Waals surface area contributed by atoms with E-state index in [9.17, 15) is 0 Å². The van der Waals surface area contributed by atoms with E-state index in [1.807, 2.05) is 0 Å². The number of piperazine rings is 1. The van der Waals surface area contributed by atoms with Crippen molar-refractivity contribution in [2.45, 2.75) is 39.0 Å². The first-order valence-electron chi connectivity index (χ1n) is 7.69. The molecule has 0 radical (unpaired) electrons. The molecule has 1 fully saturated rings. The zero-order chi connectivity index (χ0) is 13.7. The second-order valence-electron chi connectivity index (χ2n) is 6.10. The van der Waals surface area contributed by atoms with Crippen molar-refractivity contribution in [3.63, 3.8) is 0 Å². The molecule has 2 heteroatoms. The summed E-state index contributed by atoms with van der Waals surface area (Å²) in [4.78, 5) is 2.58. The maximum Gasteiger partial charge on any atom is 0.0107 e. The molecular formula is C17H28N2. The van der Waals surface area contributed by atoms with Crippen molar-refractivity contribution in [3.8, 4) is 0 Å². The fourth-order valence-electron chi connectivity index (χ4n) is 2.69. The topological polar surface area (TPSA) is 15.3 Å². The van der Waals surface area contributed by atoms with Crippen LogP contribution in [0.2, 0.25) is 0 Å². The molecule has 0 amide bonds. The fourth-order valence-corrected chi connectivity index (χ4v) is 2.69. The first kappa shape index (κ1) is 14.5. The molecule has 106 valence electrons. The Kier molecular flexibility index (Phi) is 5.41. The van der Waals surface area contributed by atoms with Gasteiger partial charge in [-0.05, 0) is 35.9 Å². The van der Waals surface area contributed by atoms with Crippen molar-refractivity contribution in [2.75, 3.05) is 32.7 Å². The van der Waals surface area contributed by atoms with E-state index in [1.54, 1.807) is 0 Å². The van der Waals surface area contributed by atoms with Crippen LogP contribution in [0.25, 0.3) is 0 Å². The van der Waals surface area contributed by atoms with Gasteiger partial charge in [0.05, 0.1) is 0 Å². The van der Waals surface area contributed by atoms with Crippen molar-refractivity contribution in [3.05, 3.63) is 35.4 Å². The number of nitrogens with zero attached hydrogens (tertiary/aromatic N) is 1. The Labute approximate surface area is 118 Å². The largest absolute Gasteiger partial charge is 0.314 e. The molecule has 0 saturated carbocycles. The maximum absolute atomic E-state index is 3.41. The molecule has 1 aliphatic heterocycles. The van der Waals surface area contributed by atoms with E-state index < -0.39 is 0 Å². The predicted octanol–water partition coefficient (Wildman–Crippen LogP) is 3.21. The molecule has 1 saturated heterocycles. The van der Waals surface area contributed by atoms with Crippen molar-refractivity contribution in [1.82, 2.24) is 10.2 Å². The molecular weight excluding hydrogens is 232 g/mol. The summed E-state index contributed by atoms with van der Waals surface area (Å²) < 4.78 is 0. The van der Waals surface area contributed by atoms with E-state index in [0.717, 1.165) is 13.1 Å². The highest BCUT2D eigenvalue weighted by Crippen LogP contribution is 2.22. The summed E-state index contributed by atoms with van der Waals surface area (Å²) in [5.74, 6) is 1.29. The van der Waals surface area contributed by atoms with Crippen LogP contribution >= 0.6 is 0 Å². The molecule has 0 bridgehead atoms. The minimum atomic E-state index is 0.630. The first-order chi connectivity index (χ1) is 9.16. The van der Waals surface area contributed by atoms with Crippen LogP contribution in [-0.4, -0.2) is 37.6 Å². The Morgan fingerprint density at radius 1 is 1.00 bits per heavy atom. The number of rotatable bonds is 5. The van der Waals surface area contributed by atoms with Gasteiger partial charge in [0.2, 0.25) is 0 Å². The average Bonchev–Trinajstić information content (AvgIpc) is 2.46. The average molecular weight is 260 g/mol. The molecule has 2 rings (SSSR count). The van der Waals surface area contributed by atoms with E-state index in [-0.39, 0.29) is 0 Å². The van der Waals surface area contributed by atoms with Gasteiger partial charge in [0.1, 0.15) is 0 Å². The van der Waals surface area contributed by atoms with Gasteiger partial charge >= 0.3 is 0 Å². The smallest absolute Gasteiger partial charge is 0.0107 e. The Bertz CT molecular complexity index is 363. The van der Waals surface area contributed by atoms with Crippen LogP contribution in [0.1, 0.15) is 50.2 Å². The zero-order valence-electron chi connectivity index (χ0n) is 12.7. The second-order valence-corrected chi connectivity index (χ2v) is 6.10. The summed E-state index contributed by atoms with van der Waals surface area (Å²) in [6.07, 6.45) is 1.26. The minimum absolute atomic E-state index is 0.630. The van der Waals surface area contributed by atoms with Crippen molar-refractivity contribution >= 4 is 0 Å². The van der Waals surface area contributed by atoms with Gasteiger partial charge in [-0.3, -0.25) is 0 Å². The summed E-state index contributed by atoms with van der Waals surface area (Å²) in [6, 6.07) is 9.22. The van der Waals surface area contributed by atoms with E-state index in [1.165, 1.54) is 37.2 Å². The Morgan fingerprint density at radius 2 is 1.58 bits per heavy atom. The third kappa shape index (κ3) is 4.32. The quantitative estimate of drug-likeness (QED) is 0.874. The van der Waals surface area contributed by atoms with Crippen LogP contribution in [0.15, 0.2) is 24.3 Å². The highest BCUT2D eigenvalue weighted by atomic mass is 15.2. The third-order valence-corrected chi connectivity index (χ3v) is 4.26. The number of nitrogens with one attached hydrogen (secondary N) is 1. The highest BCUT2D eigenvalue weighted by Gasteiger charge is 2.12. The van der Waals surface area contributed by atoms with Crippen LogP contribution in [-0.2, 0) is 0 Å². The van der Waals surface area contributed by atoms with E-state index in [4.69, 9.17) is 0 Å². The molecule has 1 heterocycles. The van der Waals surface area contributed by atoms with Crippen molar-refractivity contribution < 1.29 is 0 Å². The molecule has 1 N–H and O–H groups in total. The molecule has 1 aromatic rings. The molecule has 0 aliphatic carbocycles. The monoisotopic (exact) mass is 260 g/mol. The van der Waals surface area contributed by atoms with Gasteiger partial charge in [-0.15, -0.1) is 0 Å². The lowest BCUT2D eigenvalue weighted by Crippen LogP contribution is -2.43. The van der Waals surface area contributed by atoms with E-state index >= 15 is 0 Å². The lowest BCUT2D eigenvalue weighted by molar-refractivity contribution is 0.234. The summed E-state index contributed by atoms with van der Waals surface area (Å²) in [5.41, 5.74) is 2.93. The molecule has 1 atom stereocenters. The summed E-state index contributed by atoms with van der Waals surface area (Å²) in [6.45, 7) is 12.8. The fraction of sp³-hybridized carbons (Fsp3) is 0.647. The van der Waals surface area contributed by atoms with Gasteiger partial charge in [-0.25, -0.2) is 0 Å². The van der Waals surface area contributed by atoms with Gasteiger partial charge in [0, 0.05) is 26.2 Å². The van der Waals surface area contributed by atoms with E-state index in [2.05, 4.69) is 55.3 Å². The standard InChI is InChI=1S/C17H28N2/c1-14(2)16-4-6-17(7-5-16)15(3)8-11-19-12-9-18-10-13-19/h4-7,14-15,18H,8-13H2,1-3H3. The van der Waals surface area contributed by atoms with Crippen LogP contribution in [0.3, 0.4) is 0 Å². The van der Waals surface area contributed by atoms with Gasteiger partial charge < -0.3 is 10.2 Å². The third-order valence-electron chi connectivity index (χ3n) is 4.26. The second kappa shape index (κ2) is 7.06. The molecule has 1 unspecified atom stereocenters. The van der Waals surface area contributed by atoms with Crippen molar-refractivity contribution in [2.24, 2.45) is 0 Å². The lowest BCUT2D eigenvalue weighted by Gasteiger charge is -2.28. The lowest BCUT2D eigenvalue weighted by atomic mass is 9.94. The molecule has 1 aliphatic rings. The van der Waals surface area contributed by atoms with Gasteiger partial charge in [0.15, 0.2) is 0 Å². The van der Waals surface area contributed by atoms with Crippen LogP contribution in [0.4, 0.5) is 0 Å². The van der Waals surface area contributed by atoms with Gasteiger partial charge in [-0.2, -0.15) is 0 Å². The number of hydrogen-bond donors (Lipinski definition) is 1. The van der Waals surface area contributed by atoms with E-state index in [0.29, 0.717) is 11.8 Å². The van der Waals surface area contributed by atoms with Crippen molar-refractivity contribution in [1.29, 1.82) is 0 Å². The minimum Gasteiger partial charge on any atom is -0.314 e. The Hall–Kier alpha value is -0.860. The molecule has 2 nitrogen and oxygen atoms in total. The normalized spacial score (nSPS) is 18.7. The molecule has 0 aromatic heterocycles. The van der Waals surface area contributed by atoms with Crippen LogP contribution in [0, 0.1) is 0 Å². The summed E-state index contributed by atoms with van der Waals surface area (Å²) in [5, 5.41) is 3.41. The number of hydrogen-bond acceptors (Lipinski definition) is 2. The zero-order valence-corrected chi connectivity index (χ0v) is 12.7. The Balaban J connectivity index is 1.83.